The maximum absolute atomic E-state index is 11.7. The van der Waals surface area contributed by atoms with Gasteiger partial charge in [0.2, 0.25) is 5.91 Å². The Morgan fingerprint density at radius 3 is 2.81 bits per heavy atom. The van der Waals surface area contributed by atoms with E-state index in [0.717, 1.165) is 26.2 Å². The molecule has 0 aromatic rings. The number of amides is 1. The van der Waals surface area contributed by atoms with Crippen LogP contribution in [-0.4, -0.2) is 48.4 Å². The lowest BCUT2D eigenvalue weighted by molar-refractivity contribution is -0.129. The molecule has 0 bridgehead atoms. The van der Waals surface area contributed by atoms with Crippen molar-refractivity contribution in [1.82, 2.24) is 9.80 Å². The number of rotatable bonds is 4. The number of hydrogen-bond donors (Lipinski definition) is 0. The zero-order chi connectivity index (χ0) is 12.0. The highest BCUT2D eigenvalue weighted by atomic mass is 16.2. The Balaban J connectivity index is 2.50. The van der Waals surface area contributed by atoms with Crippen LogP contribution in [0.2, 0.25) is 0 Å². The van der Waals surface area contributed by atoms with Gasteiger partial charge < -0.3 is 4.90 Å². The third-order valence-electron chi connectivity index (χ3n) is 3.00. The van der Waals surface area contributed by atoms with E-state index in [4.69, 9.17) is 0 Å². The SMILES string of the molecule is C=CCN1CCN(C/C(C)=C/C)CCC1=O. The van der Waals surface area contributed by atoms with Crippen molar-refractivity contribution in [2.75, 3.05) is 32.7 Å². The molecule has 3 heteroatoms. The first kappa shape index (κ1) is 13.0. The molecule has 16 heavy (non-hydrogen) atoms. The Labute approximate surface area is 98.4 Å². The molecule has 3 nitrogen and oxygen atoms in total. The van der Waals surface area contributed by atoms with Gasteiger partial charge in [-0.3, -0.25) is 9.69 Å². The van der Waals surface area contributed by atoms with E-state index in [9.17, 15) is 4.79 Å². The van der Waals surface area contributed by atoms with Crippen molar-refractivity contribution in [3.63, 3.8) is 0 Å². The molecule has 0 radical (unpaired) electrons. The molecule has 0 unspecified atom stereocenters. The van der Waals surface area contributed by atoms with Gasteiger partial charge in [0.05, 0.1) is 0 Å². The number of carbonyl (C=O) groups excluding carboxylic acids is 1. The summed E-state index contributed by atoms with van der Waals surface area (Å²) in [6.45, 7) is 12.2. The van der Waals surface area contributed by atoms with Gasteiger partial charge in [-0.05, 0) is 13.8 Å². The molecule has 0 aromatic carbocycles. The summed E-state index contributed by atoms with van der Waals surface area (Å²) < 4.78 is 0. The van der Waals surface area contributed by atoms with E-state index < -0.39 is 0 Å². The second-order valence-corrected chi connectivity index (χ2v) is 4.29. The van der Waals surface area contributed by atoms with Crippen LogP contribution in [0.15, 0.2) is 24.3 Å². The quantitative estimate of drug-likeness (QED) is 0.676. The molecule has 1 amide bonds. The molecule has 1 saturated heterocycles. The Kier molecular flexibility index (Phi) is 5.26. The van der Waals surface area contributed by atoms with Gasteiger partial charge >= 0.3 is 0 Å². The number of hydrogen-bond acceptors (Lipinski definition) is 2. The summed E-state index contributed by atoms with van der Waals surface area (Å²) >= 11 is 0. The first-order valence-electron chi connectivity index (χ1n) is 5.90. The topological polar surface area (TPSA) is 23.6 Å². The third-order valence-corrected chi connectivity index (χ3v) is 3.00. The van der Waals surface area contributed by atoms with Crippen molar-refractivity contribution >= 4 is 5.91 Å². The summed E-state index contributed by atoms with van der Waals surface area (Å²) in [4.78, 5) is 16.0. The van der Waals surface area contributed by atoms with Gasteiger partial charge in [-0.25, -0.2) is 0 Å². The van der Waals surface area contributed by atoms with Gasteiger partial charge in [-0.15, -0.1) is 6.58 Å². The highest BCUT2D eigenvalue weighted by Crippen LogP contribution is 2.07. The third kappa shape index (κ3) is 3.81. The van der Waals surface area contributed by atoms with Crippen molar-refractivity contribution in [2.24, 2.45) is 0 Å². The summed E-state index contributed by atoms with van der Waals surface area (Å²) in [5.74, 6) is 0.250. The van der Waals surface area contributed by atoms with Crippen LogP contribution in [0.4, 0.5) is 0 Å². The van der Waals surface area contributed by atoms with Crippen LogP contribution in [0.25, 0.3) is 0 Å². The summed E-state index contributed by atoms with van der Waals surface area (Å²) in [5, 5.41) is 0. The van der Waals surface area contributed by atoms with Gasteiger partial charge in [0, 0.05) is 39.1 Å². The van der Waals surface area contributed by atoms with E-state index in [1.165, 1.54) is 5.57 Å². The maximum Gasteiger partial charge on any atom is 0.224 e. The normalized spacial score (nSPS) is 19.8. The van der Waals surface area contributed by atoms with Gasteiger partial charge in [0.15, 0.2) is 0 Å². The molecule has 1 fully saturated rings. The summed E-state index contributed by atoms with van der Waals surface area (Å²) in [5.41, 5.74) is 1.37. The number of carbonyl (C=O) groups is 1. The van der Waals surface area contributed by atoms with Crippen molar-refractivity contribution in [2.45, 2.75) is 20.3 Å². The van der Waals surface area contributed by atoms with E-state index in [1.807, 2.05) is 4.90 Å². The van der Waals surface area contributed by atoms with E-state index in [0.29, 0.717) is 13.0 Å². The molecule has 1 heterocycles. The summed E-state index contributed by atoms with van der Waals surface area (Å²) in [7, 11) is 0. The average Bonchev–Trinajstić information content (AvgIpc) is 2.44. The highest BCUT2D eigenvalue weighted by Gasteiger charge is 2.19. The Bertz CT molecular complexity index is 284. The minimum atomic E-state index is 0.250. The van der Waals surface area contributed by atoms with Crippen LogP contribution in [-0.2, 0) is 4.79 Å². The fourth-order valence-corrected chi connectivity index (χ4v) is 1.86. The summed E-state index contributed by atoms with van der Waals surface area (Å²) in [6.07, 6.45) is 4.56. The van der Waals surface area contributed by atoms with E-state index in [2.05, 4.69) is 31.4 Å². The van der Waals surface area contributed by atoms with Gasteiger partial charge in [0.25, 0.3) is 0 Å². The van der Waals surface area contributed by atoms with Crippen molar-refractivity contribution in [1.29, 1.82) is 0 Å². The number of allylic oxidation sites excluding steroid dienone is 1. The molecular formula is C13H22N2O. The molecule has 1 aliphatic heterocycles. The van der Waals surface area contributed by atoms with Crippen LogP contribution in [0.3, 0.4) is 0 Å². The van der Waals surface area contributed by atoms with Crippen LogP contribution >= 0.6 is 0 Å². The van der Waals surface area contributed by atoms with Gasteiger partial charge in [0.1, 0.15) is 0 Å². The largest absolute Gasteiger partial charge is 0.338 e. The summed E-state index contributed by atoms with van der Waals surface area (Å²) in [6, 6.07) is 0. The standard InChI is InChI=1S/C13H22N2O/c1-4-7-15-10-9-14(8-6-13(15)16)11-12(3)5-2/h4-5H,1,6-11H2,2-3H3/b12-5+. The van der Waals surface area contributed by atoms with Crippen LogP contribution in [0.5, 0.6) is 0 Å². The first-order valence-corrected chi connectivity index (χ1v) is 5.90. The Morgan fingerprint density at radius 2 is 2.19 bits per heavy atom. The Morgan fingerprint density at radius 1 is 1.44 bits per heavy atom. The lowest BCUT2D eigenvalue weighted by atomic mass is 10.2. The second-order valence-electron chi connectivity index (χ2n) is 4.29. The van der Waals surface area contributed by atoms with Crippen molar-refractivity contribution < 1.29 is 4.79 Å². The molecule has 0 spiro atoms. The van der Waals surface area contributed by atoms with Crippen molar-refractivity contribution in [3.05, 3.63) is 24.3 Å². The predicted octanol–water partition coefficient (Wildman–Crippen LogP) is 1.67. The lowest BCUT2D eigenvalue weighted by Crippen LogP contribution is -2.33. The monoisotopic (exact) mass is 222 g/mol. The molecule has 90 valence electrons. The van der Waals surface area contributed by atoms with E-state index >= 15 is 0 Å². The molecule has 1 rings (SSSR count). The second kappa shape index (κ2) is 6.48. The molecule has 0 atom stereocenters. The van der Waals surface area contributed by atoms with Crippen LogP contribution in [0, 0.1) is 0 Å². The molecule has 0 aliphatic carbocycles. The van der Waals surface area contributed by atoms with Crippen LogP contribution < -0.4 is 0 Å². The minimum absolute atomic E-state index is 0.250. The Hall–Kier alpha value is -1.09. The smallest absolute Gasteiger partial charge is 0.224 e. The number of nitrogens with zero attached hydrogens (tertiary/aromatic N) is 2. The molecule has 0 saturated carbocycles. The first-order chi connectivity index (χ1) is 7.67. The zero-order valence-corrected chi connectivity index (χ0v) is 10.4. The van der Waals surface area contributed by atoms with Gasteiger partial charge in [-0.1, -0.05) is 17.7 Å². The molecule has 0 N–H and O–H groups in total. The predicted molar refractivity (Wildman–Crippen MR) is 67.3 cm³/mol. The highest BCUT2D eigenvalue weighted by molar-refractivity contribution is 5.76. The average molecular weight is 222 g/mol. The fraction of sp³-hybridized carbons (Fsp3) is 0.615. The van der Waals surface area contributed by atoms with E-state index in [1.54, 1.807) is 6.08 Å². The lowest BCUT2D eigenvalue weighted by Gasteiger charge is -2.21. The minimum Gasteiger partial charge on any atom is -0.338 e. The fourth-order valence-electron chi connectivity index (χ4n) is 1.86. The van der Waals surface area contributed by atoms with E-state index in [-0.39, 0.29) is 5.91 Å². The molecule has 0 aromatic heterocycles. The zero-order valence-electron chi connectivity index (χ0n) is 10.4. The van der Waals surface area contributed by atoms with Gasteiger partial charge in [-0.2, -0.15) is 0 Å². The maximum atomic E-state index is 11.7. The molecular weight excluding hydrogens is 200 g/mol. The van der Waals surface area contributed by atoms with Crippen LogP contribution in [0.1, 0.15) is 20.3 Å². The molecule has 1 aliphatic rings. The van der Waals surface area contributed by atoms with Crippen molar-refractivity contribution in [3.8, 4) is 0 Å².